The minimum absolute atomic E-state index is 0.265. The number of nitrogens with one attached hydrogen (secondary N) is 1. The Morgan fingerprint density at radius 1 is 1.23 bits per heavy atom. The smallest absolute Gasteiger partial charge is 0.153 e. The molecule has 1 unspecified atom stereocenters. The molecular weight excluding hydrogens is 414 g/mol. The van der Waals surface area contributed by atoms with Crippen LogP contribution in [0.15, 0.2) is 48.9 Å². The Balaban J connectivity index is 1.49. The second-order valence-electron chi connectivity index (χ2n) is 7.52. The van der Waals surface area contributed by atoms with Crippen molar-refractivity contribution in [2.24, 2.45) is 0 Å². The average molecular weight is 436 g/mol. The standard InChI is InChI=1S/C22H22ClN7O/c23-17-10-14(6-7-18(17)31-12-16-5-1-2-9-26-16)19-20-21(24)27-13-28-30(20)22(29-19)15-4-3-8-25-11-15/h1-2,5-7,9-10,13,15,25H,3-4,8,11-12H2,(H2,24,27,28). The lowest BCUT2D eigenvalue weighted by atomic mass is 9.99. The quantitative estimate of drug-likeness (QED) is 0.494. The van der Waals surface area contributed by atoms with Crippen LogP contribution in [-0.2, 0) is 6.61 Å². The third-order valence-electron chi connectivity index (χ3n) is 5.46. The number of halogens is 1. The molecule has 0 saturated carbocycles. The zero-order chi connectivity index (χ0) is 21.2. The van der Waals surface area contributed by atoms with Crippen molar-refractivity contribution in [1.82, 2.24) is 29.9 Å². The number of pyridine rings is 1. The summed E-state index contributed by atoms with van der Waals surface area (Å²) in [6.07, 6.45) is 5.36. The molecule has 1 aromatic carbocycles. The highest BCUT2D eigenvalue weighted by atomic mass is 35.5. The van der Waals surface area contributed by atoms with Gasteiger partial charge in [0.25, 0.3) is 0 Å². The lowest BCUT2D eigenvalue weighted by Gasteiger charge is -2.21. The van der Waals surface area contributed by atoms with E-state index < -0.39 is 0 Å². The Morgan fingerprint density at radius 2 is 2.16 bits per heavy atom. The average Bonchev–Trinajstić information content (AvgIpc) is 3.21. The predicted molar refractivity (Wildman–Crippen MR) is 119 cm³/mol. The fourth-order valence-electron chi connectivity index (χ4n) is 3.92. The van der Waals surface area contributed by atoms with Gasteiger partial charge in [-0.25, -0.2) is 14.5 Å². The molecule has 4 aromatic rings. The normalized spacial score (nSPS) is 16.5. The molecule has 8 nitrogen and oxygen atoms in total. The van der Waals surface area contributed by atoms with Gasteiger partial charge in [-0.3, -0.25) is 4.98 Å². The minimum Gasteiger partial charge on any atom is -0.486 e. The number of nitrogens with zero attached hydrogens (tertiary/aromatic N) is 5. The van der Waals surface area contributed by atoms with Gasteiger partial charge in [-0.1, -0.05) is 17.7 Å². The van der Waals surface area contributed by atoms with Crippen LogP contribution < -0.4 is 15.8 Å². The second kappa shape index (κ2) is 8.49. The van der Waals surface area contributed by atoms with Crippen molar-refractivity contribution in [2.45, 2.75) is 25.4 Å². The van der Waals surface area contributed by atoms with Crippen LogP contribution in [0.3, 0.4) is 0 Å². The van der Waals surface area contributed by atoms with E-state index in [1.807, 2.05) is 40.9 Å². The molecule has 158 valence electrons. The summed E-state index contributed by atoms with van der Waals surface area (Å²) >= 11 is 6.54. The van der Waals surface area contributed by atoms with E-state index in [1.165, 1.54) is 6.33 Å². The van der Waals surface area contributed by atoms with Crippen molar-refractivity contribution in [2.75, 3.05) is 18.8 Å². The third-order valence-corrected chi connectivity index (χ3v) is 5.75. The first-order chi connectivity index (χ1) is 15.2. The monoisotopic (exact) mass is 435 g/mol. The summed E-state index contributed by atoms with van der Waals surface area (Å²) in [6, 6.07) is 11.3. The molecule has 1 aliphatic heterocycles. The Hall–Kier alpha value is -3.23. The van der Waals surface area contributed by atoms with E-state index >= 15 is 0 Å². The number of aromatic nitrogens is 5. The van der Waals surface area contributed by atoms with Gasteiger partial charge in [-0.2, -0.15) is 5.10 Å². The Labute approximate surface area is 184 Å². The van der Waals surface area contributed by atoms with Crippen LogP contribution in [0.5, 0.6) is 5.75 Å². The minimum atomic E-state index is 0.265. The zero-order valence-electron chi connectivity index (χ0n) is 16.8. The lowest BCUT2D eigenvalue weighted by Crippen LogP contribution is -2.29. The Morgan fingerprint density at radius 3 is 2.94 bits per heavy atom. The van der Waals surface area contributed by atoms with Crippen LogP contribution in [0.25, 0.3) is 16.8 Å². The molecule has 0 amide bonds. The van der Waals surface area contributed by atoms with Gasteiger partial charge in [-0.15, -0.1) is 0 Å². The van der Waals surface area contributed by atoms with Gasteiger partial charge in [-0.05, 0) is 49.7 Å². The maximum absolute atomic E-state index is 6.54. The highest BCUT2D eigenvalue weighted by molar-refractivity contribution is 6.32. The van der Waals surface area contributed by atoms with Crippen LogP contribution in [0.4, 0.5) is 5.82 Å². The molecular formula is C22H22ClN7O. The van der Waals surface area contributed by atoms with E-state index in [4.69, 9.17) is 27.1 Å². The second-order valence-corrected chi connectivity index (χ2v) is 7.93. The number of hydrogen-bond donors (Lipinski definition) is 2. The van der Waals surface area contributed by atoms with Crippen molar-refractivity contribution in [3.05, 3.63) is 65.5 Å². The molecule has 1 fully saturated rings. The van der Waals surface area contributed by atoms with Crippen LogP contribution in [0.1, 0.15) is 30.3 Å². The zero-order valence-corrected chi connectivity index (χ0v) is 17.6. The van der Waals surface area contributed by atoms with Crippen molar-refractivity contribution >= 4 is 22.9 Å². The number of hydrogen-bond acceptors (Lipinski definition) is 7. The van der Waals surface area contributed by atoms with Crippen molar-refractivity contribution < 1.29 is 4.74 Å². The summed E-state index contributed by atoms with van der Waals surface area (Å²) in [5, 5.41) is 8.36. The van der Waals surface area contributed by atoms with Crippen LogP contribution >= 0.6 is 11.6 Å². The Bertz CT molecular complexity index is 1210. The van der Waals surface area contributed by atoms with E-state index in [-0.39, 0.29) is 5.92 Å². The molecule has 1 atom stereocenters. The summed E-state index contributed by atoms with van der Waals surface area (Å²) in [4.78, 5) is 13.4. The van der Waals surface area contributed by atoms with Crippen molar-refractivity contribution in [3.63, 3.8) is 0 Å². The summed E-state index contributed by atoms with van der Waals surface area (Å²) in [6.45, 7) is 2.23. The summed E-state index contributed by atoms with van der Waals surface area (Å²) in [5.41, 5.74) is 9.31. The summed E-state index contributed by atoms with van der Waals surface area (Å²) in [5.74, 6) is 2.12. The molecule has 3 N–H and O–H groups in total. The van der Waals surface area contributed by atoms with Crippen LogP contribution in [0, 0.1) is 0 Å². The molecule has 0 spiro atoms. The van der Waals surface area contributed by atoms with Crippen molar-refractivity contribution in [1.29, 1.82) is 0 Å². The van der Waals surface area contributed by atoms with E-state index in [9.17, 15) is 0 Å². The van der Waals surface area contributed by atoms with Crippen molar-refractivity contribution in [3.8, 4) is 17.0 Å². The number of piperidine rings is 1. The highest BCUT2D eigenvalue weighted by Crippen LogP contribution is 2.35. The molecule has 3 aromatic heterocycles. The number of anilines is 1. The highest BCUT2D eigenvalue weighted by Gasteiger charge is 2.25. The molecule has 31 heavy (non-hydrogen) atoms. The van der Waals surface area contributed by atoms with Gasteiger partial charge in [0.05, 0.1) is 10.7 Å². The lowest BCUT2D eigenvalue weighted by molar-refractivity contribution is 0.301. The number of rotatable bonds is 5. The Kier molecular flexibility index (Phi) is 5.40. The molecule has 0 aliphatic carbocycles. The molecule has 0 radical (unpaired) electrons. The maximum atomic E-state index is 6.54. The third kappa shape index (κ3) is 3.92. The van der Waals surface area contributed by atoms with Gasteiger partial charge in [0.1, 0.15) is 35.7 Å². The van der Waals surface area contributed by atoms with Crippen LogP contribution in [0.2, 0.25) is 5.02 Å². The fraction of sp³-hybridized carbons (Fsp3) is 0.273. The first-order valence-electron chi connectivity index (χ1n) is 10.2. The van der Waals surface area contributed by atoms with E-state index in [1.54, 1.807) is 6.20 Å². The fourth-order valence-corrected chi connectivity index (χ4v) is 4.15. The summed E-state index contributed by atoms with van der Waals surface area (Å²) < 4.78 is 7.66. The van der Waals surface area contributed by atoms with Gasteiger partial charge in [0.15, 0.2) is 5.82 Å². The maximum Gasteiger partial charge on any atom is 0.153 e. The topological polar surface area (TPSA) is 103 Å². The number of nitrogen functional groups attached to an aromatic ring is 1. The molecule has 0 bridgehead atoms. The van der Waals surface area contributed by atoms with Crippen LogP contribution in [-0.4, -0.2) is 37.7 Å². The largest absolute Gasteiger partial charge is 0.486 e. The SMILES string of the molecule is Nc1ncnn2c(C3CCCNC3)nc(-c3ccc(OCc4ccccn4)c(Cl)c3)c12. The first kappa shape index (κ1) is 19.7. The molecule has 1 saturated heterocycles. The molecule has 5 rings (SSSR count). The molecule has 4 heterocycles. The van der Waals surface area contributed by atoms with Gasteiger partial charge >= 0.3 is 0 Å². The predicted octanol–water partition coefficient (Wildman–Crippen LogP) is 3.47. The number of fused-ring (bicyclic) bond motifs is 1. The van der Waals surface area contributed by atoms with Gasteiger partial charge in [0, 0.05) is 24.2 Å². The van der Waals surface area contributed by atoms with E-state index in [2.05, 4.69) is 20.4 Å². The van der Waals surface area contributed by atoms with E-state index in [0.29, 0.717) is 28.7 Å². The first-order valence-corrected chi connectivity index (χ1v) is 10.6. The molecule has 1 aliphatic rings. The van der Waals surface area contributed by atoms with E-state index in [0.717, 1.165) is 48.7 Å². The number of imidazole rings is 1. The summed E-state index contributed by atoms with van der Waals surface area (Å²) in [7, 11) is 0. The number of nitrogens with two attached hydrogens (primary N) is 1. The molecule has 9 heteroatoms. The number of benzene rings is 1. The number of ether oxygens (including phenoxy) is 1. The van der Waals surface area contributed by atoms with Gasteiger partial charge in [0.2, 0.25) is 0 Å². The van der Waals surface area contributed by atoms with Gasteiger partial charge < -0.3 is 15.8 Å².